The number of nitrogens with one attached hydrogen (secondary N) is 1. The van der Waals surface area contributed by atoms with Crippen molar-refractivity contribution in [1.29, 1.82) is 0 Å². The summed E-state index contributed by atoms with van der Waals surface area (Å²) in [5, 5.41) is 7.01. The van der Waals surface area contributed by atoms with Crippen LogP contribution < -0.4 is 5.32 Å². The molecule has 5 nitrogen and oxygen atoms in total. The Kier molecular flexibility index (Phi) is 4.14. The lowest BCUT2D eigenvalue weighted by molar-refractivity contribution is -0.115. The standard InChI is InChI=1S/C17H18N4O/c1-21-12-15(11-19-21)14-7-8-18-16(10-14)20-17(22)9-13-5-3-2-4-6-13/h3,5-8,10-12H,2,4,9H2,1H3,(H,18,20,22). The maximum atomic E-state index is 12.1. The van der Waals surface area contributed by atoms with E-state index in [2.05, 4.69) is 27.6 Å². The second-order valence-electron chi connectivity index (χ2n) is 5.32. The number of pyridine rings is 1. The smallest absolute Gasteiger partial charge is 0.229 e. The molecule has 0 fully saturated rings. The van der Waals surface area contributed by atoms with E-state index in [4.69, 9.17) is 0 Å². The zero-order valence-corrected chi connectivity index (χ0v) is 12.5. The van der Waals surface area contributed by atoms with Crippen molar-refractivity contribution in [2.75, 3.05) is 5.32 Å². The number of anilines is 1. The minimum absolute atomic E-state index is 0.0476. The number of carbonyl (C=O) groups is 1. The highest BCUT2D eigenvalue weighted by molar-refractivity contribution is 5.92. The van der Waals surface area contributed by atoms with Crippen LogP contribution in [0.2, 0.25) is 0 Å². The lowest BCUT2D eigenvalue weighted by Crippen LogP contribution is -2.13. The molecule has 0 aromatic carbocycles. The molecule has 2 aromatic heterocycles. The maximum Gasteiger partial charge on any atom is 0.229 e. The molecule has 0 atom stereocenters. The fourth-order valence-corrected chi connectivity index (χ4v) is 2.42. The van der Waals surface area contributed by atoms with Crippen LogP contribution in [0, 0.1) is 0 Å². The first kappa shape index (κ1) is 14.3. The number of rotatable bonds is 4. The van der Waals surface area contributed by atoms with Crippen molar-refractivity contribution in [2.24, 2.45) is 7.05 Å². The third-order valence-electron chi connectivity index (χ3n) is 3.50. The van der Waals surface area contributed by atoms with Crippen LogP contribution in [0.15, 0.2) is 54.5 Å². The summed E-state index contributed by atoms with van der Waals surface area (Å²) in [5.41, 5.74) is 3.04. The first-order valence-electron chi connectivity index (χ1n) is 7.31. The van der Waals surface area contributed by atoms with E-state index >= 15 is 0 Å². The number of aromatic nitrogens is 3. The van der Waals surface area contributed by atoms with Crippen molar-refractivity contribution in [3.05, 3.63) is 54.5 Å². The van der Waals surface area contributed by atoms with Gasteiger partial charge < -0.3 is 5.32 Å². The Morgan fingerprint density at radius 3 is 3.00 bits per heavy atom. The molecule has 2 heterocycles. The van der Waals surface area contributed by atoms with Crippen LogP contribution in [0.5, 0.6) is 0 Å². The van der Waals surface area contributed by atoms with Gasteiger partial charge >= 0.3 is 0 Å². The molecule has 0 saturated heterocycles. The van der Waals surface area contributed by atoms with E-state index in [0.717, 1.165) is 29.5 Å². The van der Waals surface area contributed by atoms with Crippen LogP contribution in [0.1, 0.15) is 19.3 Å². The molecular formula is C17H18N4O. The van der Waals surface area contributed by atoms with Crippen LogP contribution in [-0.4, -0.2) is 20.7 Å². The summed E-state index contributed by atoms with van der Waals surface area (Å²) in [5.74, 6) is 0.514. The first-order chi connectivity index (χ1) is 10.7. The Balaban J connectivity index is 1.69. The number of aryl methyl sites for hydroxylation is 1. The summed E-state index contributed by atoms with van der Waals surface area (Å²) in [4.78, 5) is 16.3. The van der Waals surface area contributed by atoms with Gasteiger partial charge in [0.05, 0.1) is 12.6 Å². The summed E-state index contributed by atoms with van der Waals surface area (Å²) in [6, 6.07) is 3.76. The summed E-state index contributed by atoms with van der Waals surface area (Å²) >= 11 is 0. The van der Waals surface area contributed by atoms with E-state index in [1.54, 1.807) is 17.1 Å². The molecule has 1 aliphatic rings. The van der Waals surface area contributed by atoms with Gasteiger partial charge in [-0.1, -0.05) is 18.2 Å². The molecule has 0 spiro atoms. The largest absolute Gasteiger partial charge is 0.310 e. The molecule has 3 rings (SSSR count). The highest BCUT2D eigenvalue weighted by Gasteiger charge is 2.08. The monoisotopic (exact) mass is 294 g/mol. The molecule has 22 heavy (non-hydrogen) atoms. The van der Waals surface area contributed by atoms with Gasteiger partial charge in [0.25, 0.3) is 0 Å². The lowest BCUT2D eigenvalue weighted by atomic mass is 10.0. The van der Waals surface area contributed by atoms with Crippen molar-refractivity contribution < 1.29 is 4.79 Å². The second-order valence-corrected chi connectivity index (χ2v) is 5.32. The molecule has 1 aliphatic carbocycles. The normalized spacial score (nSPS) is 13.8. The first-order valence-corrected chi connectivity index (χ1v) is 7.31. The molecule has 1 amide bonds. The molecule has 112 valence electrons. The van der Waals surface area contributed by atoms with Crippen molar-refractivity contribution in [3.8, 4) is 11.1 Å². The van der Waals surface area contributed by atoms with Crippen LogP contribution in [0.4, 0.5) is 5.82 Å². The van der Waals surface area contributed by atoms with Gasteiger partial charge in [0.2, 0.25) is 5.91 Å². The van der Waals surface area contributed by atoms with E-state index < -0.39 is 0 Å². The van der Waals surface area contributed by atoms with Crippen LogP contribution in [0.25, 0.3) is 11.1 Å². The molecule has 1 N–H and O–H groups in total. The number of nitrogens with zero attached hydrogens (tertiary/aromatic N) is 3. The molecule has 0 unspecified atom stereocenters. The topological polar surface area (TPSA) is 59.8 Å². The quantitative estimate of drug-likeness (QED) is 0.942. The van der Waals surface area contributed by atoms with Gasteiger partial charge in [0.1, 0.15) is 5.82 Å². The summed E-state index contributed by atoms with van der Waals surface area (Å²) in [7, 11) is 1.87. The van der Waals surface area contributed by atoms with Gasteiger partial charge in [-0.3, -0.25) is 9.48 Å². The van der Waals surface area contributed by atoms with E-state index in [9.17, 15) is 4.79 Å². The predicted octanol–water partition coefficient (Wildman–Crippen LogP) is 3.09. The van der Waals surface area contributed by atoms with Crippen LogP contribution in [0.3, 0.4) is 0 Å². The third-order valence-corrected chi connectivity index (χ3v) is 3.50. The number of allylic oxidation sites excluding steroid dienone is 3. The minimum Gasteiger partial charge on any atom is -0.310 e. The molecule has 0 aliphatic heterocycles. The molecular weight excluding hydrogens is 276 g/mol. The molecule has 5 heteroatoms. The maximum absolute atomic E-state index is 12.1. The van der Waals surface area contributed by atoms with Gasteiger partial charge in [0, 0.05) is 25.0 Å². The van der Waals surface area contributed by atoms with Gasteiger partial charge in [-0.2, -0.15) is 5.10 Å². The average Bonchev–Trinajstić information content (AvgIpc) is 2.95. The highest BCUT2D eigenvalue weighted by Crippen LogP contribution is 2.21. The van der Waals surface area contributed by atoms with Gasteiger partial charge in [-0.15, -0.1) is 0 Å². The van der Waals surface area contributed by atoms with Crippen molar-refractivity contribution in [1.82, 2.24) is 14.8 Å². The van der Waals surface area contributed by atoms with E-state index in [1.165, 1.54) is 0 Å². The zero-order chi connectivity index (χ0) is 15.4. The Labute approximate surface area is 129 Å². The minimum atomic E-state index is -0.0476. The molecule has 0 saturated carbocycles. The van der Waals surface area contributed by atoms with Crippen LogP contribution in [-0.2, 0) is 11.8 Å². The number of hydrogen-bond donors (Lipinski definition) is 1. The van der Waals surface area contributed by atoms with Crippen molar-refractivity contribution in [3.63, 3.8) is 0 Å². The third kappa shape index (κ3) is 3.49. The van der Waals surface area contributed by atoms with Crippen molar-refractivity contribution >= 4 is 11.7 Å². The Morgan fingerprint density at radius 1 is 1.36 bits per heavy atom. The lowest BCUT2D eigenvalue weighted by Gasteiger charge is -2.08. The molecule has 0 bridgehead atoms. The number of hydrogen-bond acceptors (Lipinski definition) is 3. The second kappa shape index (κ2) is 6.39. The van der Waals surface area contributed by atoms with Crippen molar-refractivity contribution in [2.45, 2.75) is 19.3 Å². The van der Waals surface area contributed by atoms with Gasteiger partial charge in [-0.05, 0) is 36.1 Å². The Bertz CT molecular complexity index is 743. The zero-order valence-electron chi connectivity index (χ0n) is 12.5. The fourth-order valence-electron chi connectivity index (χ4n) is 2.42. The fraction of sp³-hybridized carbons (Fsp3) is 0.235. The number of amides is 1. The predicted molar refractivity (Wildman–Crippen MR) is 86.1 cm³/mol. The Hall–Kier alpha value is -2.69. The summed E-state index contributed by atoms with van der Waals surface area (Å²) < 4.78 is 1.75. The van der Waals surface area contributed by atoms with E-state index in [-0.39, 0.29) is 5.91 Å². The Morgan fingerprint density at radius 2 is 2.27 bits per heavy atom. The van der Waals surface area contributed by atoms with Crippen LogP contribution >= 0.6 is 0 Å². The van der Waals surface area contributed by atoms with E-state index in [1.807, 2.05) is 31.5 Å². The molecule has 0 radical (unpaired) electrons. The number of carbonyl (C=O) groups excluding carboxylic acids is 1. The van der Waals surface area contributed by atoms with Gasteiger partial charge in [-0.25, -0.2) is 4.98 Å². The highest BCUT2D eigenvalue weighted by atomic mass is 16.1. The average molecular weight is 294 g/mol. The summed E-state index contributed by atoms with van der Waals surface area (Å²) in [6.45, 7) is 0. The molecule has 2 aromatic rings. The van der Waals surface area contributed by atoms with E-state index in [0.29, 0.717) is 12.2 Å². The SMILES string of the molecule is Cn1cc(-c2ccnc(NC(=O)CC3=CCCC=C3)c2)cn1. The van der Waals surface area contributed by atoms with Gasteiger partial charge in [0.15, 0.2) is 0 Å². The summed E-state index contributed by atoms with van der Waals surface area (Å²) in [6.07, 6.45) is 14.1.